The first kappa shape index (κ1) is 12.3. The Kier molecular flexibility index (Phi) is 4.68. The average Bonchev–Trinajstić information content (AvgIpc) is 2.09. The van der Waals surface area contributed by atoms with Gasteiger partial charge in [0.2, 0.25) is 0 Å². The summed E-state index contributed by atoms with van der Waals surface area (Å²) in [7, 11) is 0. The fourth-order valence-corrected chi connectivity index (χ4v) is 1.78. The summed E-state index contributed by atoms with van der Waals surface area (Å²) in [6, 6.07) is 1.73. The second kappa shape index (κ2) is 5.34. The number of aromatic nitrogens is 1. The molecule has 0 saturated heterocycles. The zero-order valence-electron chi connectivity index (χ0n) is 8.10. The van der Waals surface area contributed by atoms with Crippen LogP contribution in [0, 0.1) is 5.92 Å². The van der Waals surface area contributed by atoms with Gasteiger partial charge in [-0.3, -0.25) is 4.98 Å². The van der Waals surface area contributed by atoms with Crippen LogP contribution in [0.5, 0.6) is 0 Å². The molecule has 0 radical (unpaired) electrons. The van der Waals surface area contributed by atoms with E-state index in [-0.39, 0.29) is 0 Å². The van der Waals surface area contributed by atoms with Gasteiger partial charge in [-0.25, -0.2) is 0 Å². The van der Waals surface area contributed by atoms with Crippen LogP contribution < -0.4 is 0 Å². The Bertz CT molecular complexity index is 315. The minimum Gasteiger partial charge on any atom is -0.258 e. The Morgan fingerprint density at radius 3 is 2.57 bits per heavy atom. The third-order valence-corrected chi connectivity index (χ3v) is 3.91. The van der Waals surface area contributed by atoms with Gasteiger partial charge in [0, 0.05) is 17.4 Å². The Hall–Kier alpha value is 0.210. The van der Waals surface area contributed by atoms with Crippen molar-refractivity contribution in [3.05, 3.63) is 28.0 Å². The molecule has 0 N–H and O–H groups in total. The standard InChI is InChI=1S/C10H12BrCl2N/c1-6(2)8(11)4-10-9(13)3-7(12)5-14-10/h3,5-6,8H,4H2,1-2H3. The lowest BCUT2D eigenvalue weighted by molar-refractivity contribution is 0.607. The van der Waals surface area contributed by atoms with Crippen LogP contribution in [0.1, 0.15) is 19.5 Å². The van der Waals surface area contributed by atoms with Gasteiger partial charge in [0.15, 0.2) is 0 Å². The fourth-order valence-electron chi connectivity index (χ4n) is 1.01. The van der Waals surface area contributed by atoms with E-state index in [4.69, 9.17) is 23.2 Å². The third-order valence-electron chi connectivity index (χ3n) is 2.00. The molecule has 1 aromatic heterocycles. The van der Waals surface area contributed by atoms with E-state index in [1.807, 2.05) is 0 Å². The van der Waals surface area contributed by atoms with Crippen molar-refractivity contribution in [3.8, 4) is 0 Å². The molecule has 0 aliphatic carbocycles. The maximum Gasteiger partial charge on any atom is 0.0636 e. The maximum atomic E-state index is 6.01. The summed E-state index contributed by atoms with van der Waals surface area (Å²) in [4.78, 5) is 4.60. The molecule has 0 spiro atoms. The molecule has 4 heteroatoms. The van der Waals surface area contributed by atoms with Gasteiger partial charge in [-0.15, -0.1) is 0 Å². The maximum absolute atomic E-state index is 6.01. The molecule has 78 valence electrons. The van der Waals surface area contributed by atoms with Crippen LogP contribution in [0.3, 0.4) is 0 Å². The van der Waals surface area contributed by atoms with Crippen LogP contribution in [0.4, 0.5) is 0 Å². The first-order valence-corrected chi connectivity index (χ1v) is 6.12. The van der Waals surface area contributed by atoms with Crippen LogP contribution in [-0.4, -0.2) is 9.81 Å². The summed E-state index contributed by atoms with van der Waals surface area (Å²) >= 11 is 15.4. The van der Waals surface area contributed by atoms with Gasteiger partial charge in [-0.2, -0.15) is 0 Å². The van der Waals surface area contributed by atoms with E-state index in [0.717, 1.165) is 12.1 Å². The van der Waals surface area contributed by atoms with Crippen molar-refractivity contribution in [1.82, 2.24) is 4.98 Å². The Morgan fingerprint density at radius 2 is 2.07 bits per heavy atom. The zero-order valence-corrected chi connectivity index (χ0v) is 11.2. The van der Waals surface area contributed by atoms with Crippen molar-refractivity contribution in [2.75, 3.05) is 0 Å². The molecule has 0 saturated carbocycles. The molecule has 0 aromatic carbocycles. The van der Waals surface area contributed by atoms with Gasteiger partial charge in [-0.1, -0.05) is 53.0 Å². The first-order chi connectivity index (χ1) is 6.50. The molecule has 1 atom stereocenters. The minimum absolute atomic E-state index is 0.397. The predicted octanol–water partition coefficient (Wildman–Crippen LogP) is 4.35. The molecule has 0 aliphatic heterocycles. The van der Waals surface area contributed by atoms with Crippen molar-refractivity contribution in [3.63, 3.8) is 0 Å². The molecule has 0 fully saturated rings. The van der Waals surface area contributed by atoms with E-state index < -0.39 is 0 Å². The van der Waals surface area contributed by atoms with Crippen molar-refractivity contribution in [1.29, 1.82) is 0 Å². The van der Waals surface area contributed by atoms with Crippen LogP contribution in [-0.2, 0) is 6.42 Å². The lowest BCUT2D eigenvalue weighted by atomic mass is 10.1. The summed E-state index contributed by atoms with van der Waals surface area (Å²) in [6.45, 7) is 4.31. The lowest BCUT2D eigenvalue weighted by Gasteiger charge is -2.13. The number of pyridine rings is 1. The minimum atomic E-state index is 0.397. The summed E-state index contributed by atoms with van der Waals surface area (Å²) in [5, 5.41) is 1.22. The van der Waals surface area contributed by atoms with Crippen molar-refractivity contribution in [2.24, 2.45) is 5.92 Å². The normalized spacial score (nSPS) is 13.3. The number of hydrogen-bond acceptors (Lipinski definition) is 1. The van der Waals surface area contributed by atoms with E-state index >= 15 is 0 Å². The molecule has 14 heavy (non-hydrogen) atoms. The quantitative estimate of drug-likeness (QED) is 0.756. The van der Waals surface area contributed by atoms with Gasteiger partial charge < -0.3 is 0 Å². The van der Waals surface area contributed by atoms with Crippen LogP contribution in [0.15, 0.2) is 12.3 Å². The van der Waals surface area contributed by atoms with Crippen molar-refractivity contribution < 1.29 is 0 Å². The fraction of sp³-hybridized carbons (Fsp3) is 0.500. The first-order valence-electron chi connectivity index (χ1n) is 4.44. The zero-order chi connectivity index (χ0) is 10.7. The third kappa shape index (κ3) is 3.41. The summed E-state index contributed by atoms with van der Waals surface area (Å²) < 4.78 is 0. The van der Waals surface area contributed by atoms with Crippen molar-refractivity contribution >= 4 is 39.1 Å². The number of halogens is 3. The van der Waals surface area contributed by atoms with Crippen molar-refractivity contribution in [2.45, 2.75) is 25.1 Å². The average molecular weight is 297 g/mol. The van der Waals surface area contributed by atoms with Crippen LogP contribution in [0.25, 0.3) is 0 Å². The largest absolute Gasteiger partial charge is 0.258 e. The number of nitrogens with zero attached hydrogens (tertiary/aromatic N) is 1. The molecular formula is C10H12BrCl2N. The summed E-state index contributed by atoms with van der Waals surface area (Å²) in [5.41, 5.74) is 0.895. The topological polar surface area (TPSA) is 12.9 Å². The molecule has 1 heterocycles. The predicted molar refractivity (Wildman–Crippen MR) is 65.5 cm³/mol. The molecule has 1 nitrogen and oxygen atoms in total. The summed E-state index contributed by atoms with van der Waals surface area (Å²) in [6.07, 6.45) is 2.45. The number of alkyl halides is 1. The molecular weight excluding hydrogens is 285 g/mol. The lowest BCUT2D eigenvalue weighted by Crippen LogP contribution is -2.11. The van der Waals surface area contributed by atoms with E-state index in [1.54, 1.807) is 12.3 Å². The highest BCUT2D eigenvalue weighted by molar-refractivity contribution is 9.09. The highest BCUT2D eigenvalue weighted by Crippen LogP contribution is 2.23. The second-order valence-electron chi connectivity index (χ2n) is 3.55. The number of hydrogen-bond donors (Lipinski definition) is 0. The van der Waals surface area contributed by atoms with Crippen LogP contribution in [0.2, 0.25) is 10.0 Å². The molecule has 0 aliphatic rings. The highest BCUT2D eigenvalue weighted by atomic mass is 79.9. The van der Waals surface area contributed by atoms with E-state index in [2.05, 4.69) is 34.8 Å². The molecule has 1 rings (SSSR count). The van der Waals surface area contributed by atoms with Gasteiger partial charge in [0.25, 0.3) is 0 Å². The van der Waals surface area contributed by atoms with Gasteiger partial charge in [0.1, 0.15) is 0 Å². The van der Waals surface area contributed by atoms with E-state index in [1.165, 1.54) is 0 Å². The Labute approximate surface area is 103 Å². The highest BCUT2D eigenvalue weighted by Gasteiger charge is 2.13. The molecule has 0 bridgehead atoms. The SMILES string of the molecule is CC(C)C(Br)Cc1ncc(Cl)cc1Cl. The van der Waals surface area contributed by atoms with Gasteiger partial charge >= 0.3 is 0 Å². The molecule has 1 unspecified atom stereocenters. The Morgan fingerprint density at radius 1 is 1.43 bits per heavy atom. The van der Waals surface area contributed by atoms with E-state index in [9.17, 15) is 0 Å². The monoisotopic (exact) mass is 295 g/mol. The second-order valence-corrected chi connectivity index (χ2v) is 5.57. The van der Waals surface area contributed by atoms with Gasteiger partial charge in [-0.05, 0) is 12.0 Å². The number of rotatable bonds is 3. The van der Waals surface area contributed by atoms with Crippen LogP contribution >= 0.6 is 39.1 Å². The summed E-state index contributed by atoms with van der Waals surface area (Å²) in [5.74, 6) is 0.559. The van der Waals surface area contributed by atoms with E-state index in [0.29, 0.717) is 20.8 Å². The molecule has 0 amide bonds. The molecule has 1 aromatic rings. The Balaban J connectivity index is 2.77. The smallest absolute Gasteiger partial charge is 0.0636 e. The van der Waals surface area contributed by atoms with Gasteiger partial charge in [0.05, 0.1) is 15.7 Å².